The lowest BCUT2D eigenvalue weighted by molar-refractivity contribution is 1.08. The van der Waals surface area contributed by atoms with E-state index in [1.54, 1.807) is 0 Å². The molecule has 0 saturated heterocycles. The third-order valence-electron chi connectivity index (χ3n) is 1.87. The van der Waals surface area contributed by atoms with Crippen LogP contribution in [0.3, 0.4) is 0 Å². The van der Waals surface area contributed by atoms with Gasteiger partial charge in [0.25, 0.3) is 0 Å². The lowest BCUT2D eigenvalue weighted by atomic mass is 10.1. The fourth-order valence-electron chi connectivity index (χ4n) is 1.03. The Morgan fingerprint density at radius 2 is 1.82 bits per heavy atom. The first-order chi connectivity index (χ1) is 5.24. The van der Waals surface area contributed by atoms with Gasteiger partial charge in [0, 0.05) is 5.25 Å². The van der Waals surface area contributed by atoms with Gasteiger partial charge < -0.3 is 0 Å². The Labute approximate surface area is 74.0 Å². The predicted molar refractivity (Wildman–Crippen MR) is 53.2 cm³/mol. The molecule has 1 rings (SSSR count). The highest BCUT2D eigenvalue weighted by atomic mass is 32.1. The van der Waals surface area contributed by atoms with Crippen LogP contribution in [0.15, 0.2) is 24.3 Å². The van der Waals surface area contributed by atoms with Crippen molar-refractivity contribution in [3.63, 3.8) is 0 Å². The molecule has 1 aromatic rings. The van der Waals surface area contributed by atoms with Crippen molar-refractivity contribution in [3.05, 3.63) is 35.4 Å². The molecule has 0 nitrogen and oxygen atoms in total. The number of hydrogen-bond acceptors (Lipinski definition) is 1. The monoisotopic (exact) mass is 166 g/mol. The van der Waals surface area contributed by atoms with E-state index in [-0.39, 0.29) is 0 Å². The second-order valence-electron chi connectivity index (χ2n) is 2.77. The van der Waals surface area contributed by atoms with Gasteiger partial charge in [0.05, 0.1) is 0 Å². The summed E-state index contributed by atoms with van der Waals surface area (Å²) in [5.74, 6) is 0. The van der Waals surface area contributed by atoms with Gasteiger partial charge in [-0.25, -0.2) is 0 Å². The summed E-state index contributed by atoms with van der Waals surface area (Å²) >= 11 is 4.35. The van der Waals surface area contributed by atoms with E-state index in [1.807, 2.05) is 0 Å². The van der Waals surface area contributed by atoms with Crippen molar-refractivity contribution < 1.29 is 0 Å². The molecule has 0 aliphatic carbocycles. The van der Waals surface area contributed by atoms with Crippen molar-refractivity contribution in [2.24, 2.45) is 0 Å². The van der Waals surface area contributed by atoms with E-state index >= 15 is 0 Å². The van der Waals surface area contributed by atoms with Crippen LogP contribution in [0.5, 0.6) is 0 Å². The molecule has 1 aromatic carbocycles. The fourth-order valence-corrected chi connectivity index (χ4v) is 1.20. The van der Waals surface area contributed by atoms with E-state index in [4.69, 9.17) is 0 Å². The van der Waals surface area contributed by atoms with Crippen LogP contribution in [-0.4, -0.2) is 0 Å². The smallest absolute Gasteiger partial charge is 0.0238 e. The first-order valence-corrected chi connectivity index (χ1v) is 4.52. The zero-order valence-corrected chi connectivity index (χ0v) is 7.94. The molecule has 1 heteroatoms. The number of benzene rings is 1. The van der Waals surface area contributed by atoms with E-state index in [2.05, 4.69) is 50.7 Å². The van der Waals surface area contributed by atoms with Crippen LogP contribution in [0.25, 0.3) is 0 Å². The lowest BCUT2D eigenvalue weighted by Crippen LogP contribution is -1.85. The average molecular weight is 166 g/mol. The predicted octanol–water partition coefficient (Wildman–Crippen LogP) is 3.24. The Hall–Kier alpha value is -0.430. The Bertz CT molecular complexity index is 211. The molecule has 0 fully saturated rings. The topological polar surface area (TPSA) is 0 Å². The molecule has 0 aromatic heterocycles. The molecule has 11 heavy (non-hydrogen) atoms. The molecular formula is C10H14S. The Morgan fingerprint density at radius 3 is 2.18 bits per heavy atom. The normalized spacial score (nSPS) is 13.0. The summed E-state index contributed by atoms with van der Waals surface area (Å²) < 4.78 is 0. The standard InChI is InChI=1S/C10H14S/c1-3-9-4-6-10(7-5-9)8(2)11/h4-8,11H,3H2,1-2H3. The second-order valence-corrected chi connectivity index (χ2v) is 3.55. The maximum atomic E-state index is 4.35. The number of aryl methyl sites for hydroxylation is 1. The molecular weight excluding hydrogens is 152 g/mol. The summed E-state index contributed by atoms with van der Waals surface area (Å²) in [4.78, 5) is 0. The van der Waals surface area contributed by atoms with Crippen molar-refractivity contribution in [1.82, 2.24) is 0 Å². The van der Waals surface area contributed by atoms with Crippen LogP contribution in [0.2, 0.25) is 0 Å². The van der Waals surface area contributed by atoms with Gasteiger partial charge in [-0.3, -0.25) is 0 Å². The number of rotatable bonds is 2. The summed E-state index contributed by atoms with van der Waals surface area (Å²) in [6.45, 7) is 4.25. The van der Waals surface area contributed by atoms with Gasteiger partial charge in [0.2, 0.25) is 0 Å². The molecule has 60 valence electrons. The SMILES string of the molecule is CCc1ccc(C(C)S)cc1. The van der Waals surface area contributed by atoms with Gasteiger partial charge in [0.15, 0.2) is 0 Å². The van der Waals surface area contributed by atoms with Gasteiger partial charge in [0.1, 0.15) is 0 Å². The van der Waals surface area contributed by atoms with Gasteiger partial charge in [-0.05, 0) is 24.5 Å². The molecule has 0 saturated carbocycles. The molecule has 0 N–H and O–H groups in total. The van der Waals surface area contributed by atoms with Gasteiger partial charge in [-0.15, -0.1) is 0 Å². The van der Waals surface area contributed by atoms with Crippen LogP contribution in [-0.2, 0) is 6.42 Å². The number of thiol groups is 1. The van der Waals surface area contributed by atoms with E-state index in [1.165, 1.54) is 11.1 Å². The lowest BCUT2D eigenvalue weighted by Gasteiger charge is -2.04. The molecule has 1 atom stereocenters. The first kappa shape index (κ1) is 8.66. The van der Waals surface area contributed by atoms with E-state index in [0.29, 0.717) is 5.25 Å². The molecule has 0 spiro atoms. The van der Waals surface area contributed by atoms with Crippen molar-refractivity contribution in [3.8, 4) is 0 Å². The zero-order valence-electron chi connectivity index (χ0n) is 7.04. The second kappa shape index (κ2) is 3.82. The minimum absolute atomic E-state index is 0.348. The van der Waals surface area contributed by atoms with Crippen LogP contribution < -0.4 is 0 Å². The third-order valence-corrected chi connectivity index (χ3v) is 2.17. The van der Waals surface area contributed by atoms with E-state index in [0.717, 1.165) is 6.42 Å². The third kappa shape index (κ3) is 2.26. The summed E-state index contributed by atoms with van der Waals surface area (Å²) in [5.41, 5.74) is 2.69. The zero-order chi connectivity index (χ0) is 8.27. The summed E-state index contributed by atoms with van der Waals surface area (Å²) in [7, 11) is 0. The molecule has 0 heterocycles. The van der Waals surface area contributed by atoms with E-state index in [9.17, 15) is 0 Å². The summed E-state index contributed by atoms with van der Waals surface area (Å²) in [6, 6.07) is 8.64. The largest absolute Gasteiger partial charge is 0.171 e. The molecule has 1 unspecified atom stereocenters. The fraction of sp³-hybridized carbons (Fsp3) is 0.400. The van der Waals surface area contributed by atoms with Gasteiger partial charge >= 0.3 is 0 Å². The van der Waals surface area contributed by atoms with Crippen molar-refractivity contribution in [1.29, 1.82) is 0 Å². The molecule has 0 radical (unpaired) electrons. The van der Waals surface area contributed by atoms with Crippen LogP contribution in [0, 0.1) is 0 Å². The molecule has 0 amide bonds. The van der Waals surface area contributed by atoms with Crippen molar-refractivity contribution >= 4 is 12.6 Å². The van der Waals surface area contributed by atoms with Crippen LogP contribution in [0.4, 0.5) is 0 Å². The first-order valence-electron chi connectivity index (χ1n) is 4.01. The minimum Gasteiger partial charge on any atom is -0.171 e. The van der Waals surface area contributed by atoms with Crippen molar-refractivity contribution in [2.75, 3.05) is 0 Å². The number of hydrogen-bond donors (Lipinski definition) is 1. The van der Waals surface area contributed by atoms with Gasteiger partial charge in [-0.1, -0.05) is 31.2 Å². The minimum atomic E-state index is 0.348. The highest BCUT2D eigenvalue weighted by Crippen LogP contribution is 2.18. The Kier molecular flexibility index (Phi) is 3.01. The highest BCUT2D eigenvalue weighted by Gasteiger charge is 1.97. The Morgan fingerprint density at radius 1 is 1.27 bits per heavy atom. The molecule has 0 aliphatic rings. The highest BCUT2D eigenvalue weighted by molar-refractivity contribution is 7.80. The maximum Gasteiger partial charge on any atom is 0.0238 e. The van der Waals surface area contributed by atoms with Crippen molar-refractivity contribution in [2.45, 2.75) is 25.5 Å². The molecule has 0 aliphatic heterocycles. The van der Waals surface area contributed by atoms with Gasteiger partial charge in [-0.2, -0.15) is 12.6 Å². The van der Waals surface area contributed by atoms with E-state index < -0.39 is 0 Å². The quantitative estimate of drug-likeness (QED) is 0.641. The van der Waals surface area contributed by atoms with Crippen LogP contribution in [0.1, 0.15) is 30.2 Å². The summed E-state index contributed by atoms with van der Waals surface area (Å²) in [6.07, 6.45) is 1.11. The maximum absolute atomic E-state index is 4.35. The van der Waals surface area contributed by atoms with Crippen LogP contribution >= 0.6 is 12.6 Å². The molecule has 0 bridgehead atoms. The average Bonchev–Trinajstić information content (AvgIpc) is 2.05. The summed E-state index contributed by atoms with van der Waals surface area (Å²) in [5, 5.41) is 0.348. The Balaban J connectivity index is 2.83.